The van der Waals surface area contributed by atoms with Gasteiger partial charge in [0.1, 0.15) is 18.7 Å². The number of piperidine rings is 1. The average Bonchev–Trinajstić information content (AvgIpc) is 3.09. The van der Waals surface area contributed by atoms with Crippen molar-refractivity contribution in [2.24, 2.45) is 0 Å². The van der Waals surface area contributed by atoms with Gasteiger partial charge in [0, 0.05) is 6.42 Å². The maximum atomic E-state index is 13.0. The topological polar surface area (TPSA) is 133 Å². The number of likely N-dealkylation sites (tertiary alicyclic amines) is 1. The summed E-state index contributed by atoms with van der Waals surface area (Å²) in [4.78, 5) is 79.0. The number of carbonyl (C=O) groups is 6. The first-order valence-electron chi connectivity index (χ1n) is 11.7. The lowest BCUT2D eigenvalue weighted by Gasteiger charge is -2.34. The number of imide groups is 2. The SMILES string of the molecule is CCN(CC)CC(=O)NC(C)C(=O)OCCN1C(=O)CC[C@H](N2C(=O)c3ccccc3C2=O)C1=O. The minimum absolute atomic E-state index is 0.0322. The fourth-order valence-electron chi connectivity index (χ4n) is 4.15. The normalized spacial score (nSPS) is 18.7. The van der Waals surface area contributed by atoms with E-state index in [9.17, 15) is 28.8 Å². The predicted molar refractivity (Wildman–Crippen MR) is 123 cm³/mol. The Labute approximate surface area is 203 Å². The number of benzene rings is 1. The fraction of sp³-hybridized carbons (Fsp3) is 0.500. The summed E-state index contributed by atoms with van der Waals surface area (Å²) in [5.74, 6) is -3.32. The van der Waals surface area contributed by atoms with Gasteiger partial charge in [-0.3, -0.25) is 38.7 Å². The Hall–Kier alpha value is -3.60. The molecular formula is C24H30N4O7. The Morgan fingerprint density at radius 3 is 2.26 bits per heavy atom. The standard InChI is InChI=1S/C24H30N4O7/c1-4-26(5-2)14-19(29)25-15(3)24(34)35-13-12-27-20(30)11-10-18(23(27)33)28-21(31)16-8-6-7-9-17(16)22(28)32/h6-9,15,18H,4-5,10-14H2,1-3H3,(H,25,29)/t15?,18-/m0/s1. The summed E-state index contributed by atoms with van der Waals surface area (Å²) in [5, 5.41) is 2.56. The van der Waals surface area contributed by atoms with Gasteiger partial charge in [-0.05, 0) is 38.6 Å². The highest BCUT2D eigenvalue weighted by Gasteiger charge is 2.46. The highest BCUT2D eigenvalue weighted by Crippen LogP contribution is 2.28. The Morgan fingerprint density at radius 1 is 1.09 bits per heavy atom. The van der Waals surface area contributed by atoms with E-state index in [0.717, 1.165) is 9.80 Å². The van der Waals surface area contributed by atoms with Gasteiger partial charge in [0.2, 0.25) is 11.8 Å². The van der Waals surface area contributed by atoms with E-state index in [1.54, 1.807) is 12.1 Å². The molecule has 3 rings (SSSR count). The quantitative estimate of drug-likeness (QED) is 0.366. The monoisotopic (exact) mass is 486 g/mol. The molecule has 2 atom stereocenters. The molecule has 1 fully saturated rings. The molecule has 0 saturated carbocycles. The van der Waals surface area contributed by atoms with Gasteiger partial charge in [-0.15, -0.1) is 0 Å². The van der Waals surface area contributed by atoms with Crippen molar-refractivity contribution in [2.45, 2.75) is 45.7 Å². The summed E-state index contributed by atoms with van der Waals surface area (Å²) in [6, 6.07) is 4.30. The van der Waals surface area contributed by atoms with Crippen LogP contribution in [0.25, 0.3) is 0 Å². The Bertz CT molecular complexity index is 1000. The lowest BCUT2D eigenvalue weighted by atomic mass is 10.0. The second-order valence-electron chi connectivity index (χ2n) is 8.38. The van der Waals surface area contributed by atoms with E-state index >= 15 is 0 Å². The molecule has 11 nitrogen and oxygen atoms in total. The van der Waals surface area contributed by atoms with Crippen LogP contribution >= 0.6 is 0 Å². The van der Waals surface area contributed by atoms with Crippen LogP contribution in [0.1, 0.15) is 54.3 Å². The van der Waals surface area contributed by atoms with E-state index in [-0.39, 0.29) is 49.6 Å². The number of ether oxygens (including phenoxy) is 1. The van der Waals surface area contributed by atoms with Crippen molar-refractivity contribution in [1.82, 2.24) is 20.0 Å². The van der Waals surface area contributed by atoms with Crippen LogP contribution in [0.15, 0.2) is 24.3 Å². The average molecular weight is 487 g/mol. The van der Waals surface area contributed by atoms with Gasteiger partial charge in [-0.2, -0.15) is 0 Å². The predicted octanol–water partition coefficient (Wildman–Crippen LogP) is 0.190. The summed E-state index contributed by atoms with van der Waals surface area (Å²) in [6.07, 6.45) is 0.00457. The maximum absolute atomic E-state index is 13.0. The highest BCUT2D eigenvalue weighted by atomic mass is 16.5. The Balaban J connectivity index is 1.55. The largest absolute Gasteiger partial charge is 0.462 e. The lowest BCUT2D eigenvalue weighted by Crippen LogP contribution is -2.56. The molecular weight excluding hydrogens is 456 g/mol. The number of nitrogens with one attached hydrogen (secondary N) is 1. The summed E-state index contributed by atoms with van der Waals surface area (Å²) in [6.45, 7) is 6.39. The van der Waals surface area contributed by atoms with Crippen molar-refractivity contribution in [3.63, 3.8) is 0 Å². The zero-order valence-electron chi connectivity index (χ0n) is 20.1. The van der Waals surface area contributed by atoms with Crippen molar-refractivity contribution >= 4 is 35.5 Å². The van der Waals surface area contributed by atoms with Crippen LogP contribution < -0.4 is 5.32 Å². The zero-order chi connectivity index (χ0) is 25.7. The molecule has 5 amide bonds. The van der Waals surface area contributed by atoms with Gasteiger partial charge in [0.25, 0.3) is 17.7 Å². The van der Waals surface area contributed by atoms with Gasteiger partial charge in [0.05, 0.1) is 24.2 Å². The van der Waals surface area contributed by atoms with Crippen LogP contribution in [0.2, 0.25) is 0 Å². The summed E-state index contributed by atoms with van der Waals surface area (Å²) >= 11 is 0. The minimum atomic E-state index is -1.10. The second kappa shape index (κ2) is 11.2. The molecule has 35 heavy (non-hydrogen) atoms. The van der Waals surface area contributed by atoms with Crippen molar-refractivity contribution in [3.05, 3.63) is 35.4 Å². The molecule has 2 aliphatic heterocycles. The summed E-state index contributed by atoms with van der Waals surface area (Å²) < 4.78 is 5.15. The van der Waals surface area contributed by atoms with Crippen LogP contribution in [-0.4, -0.2) is 95.1 Å². The number of esters is 1. The van der Waals surface area contributed by atoms with Crippen molar-refractivity contribution in [1.29, 1.82) is 0 Å². The number of hydrogen-bond donors (Lipinski definition) is 1. The molecule has 0 aliphatic carbocycles. The molecule has 0 aromatic heterocycles. The number of nitrogens with zero attached hydrogens (tertiary/aromatic N) is 3. The molecule has 188 valence electrons. The highest BCUT2D eigenvalue weighted by molar-refractivity contribution is 6.23. The third-order valence-electron chi connectivity index (χ3n) is 6.17. The second-order valence-corrected chi connectivity index (χ2v) is 8.38. The van der Waals surface area contributed by atoms with Gasteiger partial charge < -0.3 is 10.1 Å². The molecule has 1 saturated heterocycles. The Morgan fingerprint density at radius 2 is 1.69 bits per heavy atom. The molecule has 2 aliphatic rings. The lowest BCUT2D eigenvalue weighted by molar-refractivity contribution is -0.156. The number of rotatable bonds is 10. The molecule has 1 aromatic carbocycles. The van der Waals surface area contributed by atoms with E-state index in [1.165, 1.54) is 19.1 Å². The van der Waals surface area contributed by atoms with Gasteiger partial charge in [-0.25, -0.2) is 4.79 Å². The van der Waals surface area contributed by atoms with E-state index in [4.69, 9.17) is 4.74 Å². The van der Waals surface area contributed by atoms with Crippen molar-refractivity contribution < 1.29 is 33.5 Å². The number of amides is 5. The number of fused-ring (bicyclic) bond motifs is 1. The first-order valence-corrected chi connectivity index (χ1v) is 11.7. The van der Waals surface area contributed by atoms with Crippen molar-refractivity contribution in [3.8, 4) is 0 Å². The van der Waals surface area contributed by atoms with Crippen LogP contribution in [-0.2, 0) is 23.9 Å². The third kappa shape index (κ3) is 5.56. The minimum Gasteiger partial charge on any atom is -0.462 e. The fourth-order valence-corrected chi connectivity index (χ4v) is 4.15. The summed E-state index contributed by atoms with van der Waals surface area (Å²) in [7, 11) is 0. The van der Waals surface area contributed by atoms with Crippen LogP contribution in [0.4, 0.5) is 0 Å². The van der Waals surface area contributed by atoms with Crippen LogP contribution in [0.3, 0.4) is 0 Å². The van der Waals surface area contributed by atoms with Gasteiger partial charge in [0.15, 0.2) is 0 Å². The van der Waals surface area contributed by atoms with Gasteiger partial charge >= 0.3 is 5.97 Å². The van der Waals surface area contributed by atoms with E-state index in [2.05, 4.69) is 5.32 Å². The summed E-state index contributed by atoms with van der Waals surface area (Å²) in [5.41, 5.74) is 0.444. The van der Waals surface area contributed by atoms with E-state index in [1.807, 2.05) is 18.7 Å². The number of carbonyl (C=O) groups excluding carboxylic acids is 6. The smallest absolute Gasteiger partial charge is 0.328 e. The van der Waals surface area contributed by atoms with Crippen LogP contribution in [0.5, 0.6) is 0 Å². The molecule has 2 heterocycles. The maximum Gasteiger partial charge on any atom is 0.328 e. The molecule has 1 unspecified atom stereocenters. The molecule has 0 spiro atoms. The molecule has 1 aromatic rings. The number of hydrogen-bond acceptors (Lipinski definition) is 8. The van der Waals surface area contributed by atoms with Crippen LogP contribution in [0, 0.1) is 0 Å². The first-order chi connectivity index (χ1) is 16.7. The first kappa shape index (κ1) is 26.0. The molecule has 11 heteroatoms. The molecule has 0 radical (unpaired) electrons. The Kier molecular flexibility index (Phi) is 8.34. The zero-order valence-corrected chi connectivity index (χ0v) is 20.1. The van der Waals surface area contributed by atoms with E-state index in [0.29, 0.717) is 13.1 Å². The molecule has 0 bridgehead atoms. The van der Waals surface area contributed by atoms with E-state index < -0.39 is 41.7 Å². The van der Waals surface area contributed by atoms with Crippen molar-refractivity contribution in [2.75, 3.05) is 32.8 Å². The third-order valence-corrected chi connectivity index (χ3v) is 6.17. The van der Waals surface area contributed by atoms with Gasteiger partial charge in [-0.1, -0.05) is 26.0 Å². The number of likely N-dealkylation sites (N-methyl/N-ethyl adjacent to an activating group) is 1. The molecule has 1 N–H and O–H groups in total.